The Morgan fingerprint density at radius 1 is 1.33 bits per heavy atom. The number of carbonyl (C=O) groups is 1. The van der Waals surface area contributed by atoms with Gasteiger partial charge in [-0.2, -0.15) is 0 Å². The molecule has 2 atom stereocenters. The molecule has 4 rings (SSSR count). The molecule has 1 aliphatic heterocycles. The molecule has 9 nitrogen and oxygen atoms in total. The van der Waals surface area contributed by atoms with Crippen molar-refractivity contribution in [2.24, 2.45) is 0 Å². The average molecular weight is 368 g/mol. The Morgan fingerprint density at radius 3 is 2.85 bits per heavy atom. The van der Waals surface area contributed by atoms with Gasteiger partial charge < -0.3 is 19.8 Å². The van der Waals surface area contributed by atoms with Crippen molar-refractivity contribution in [2.45, 2.75) is 32.4 Å². The van der Waals surface area contributed by atoms with Crippen LogP contribution >= 0.6 is 0 Å². The highest BCUT2D eigenvalue weighted by atomic mass is 16.5. The number of carbonyl (C=O) groups excluding carboxylic acids is 1. The molecule has 2 N–H and O–H groups in total. The van der Waals surface area contributed by atoms with Gasteiger partial charge in [-0.15, -0.1) is 0 Å². The molecule has 140 valence electrons. The van der Waals surface area contributed by atoms with Gasteiger partial charge >= 0.3 is 0 Å². The number of rotatable bonds is 3. The van der Waals surface area contributed by atoms with E-state index in [0.29, 0.717) is 47.0 Å². The number of hydrogen-bond acceptors (Lipinski definition) is 8. The number of β-amino-alcohol motifs (C(OH)–C–C–N with tert-alkyl or cyclic N) is 1. The molecule has 0 radical (unpaired) electrons. The van der Waals surface area contributed by atoms with Crippen LogP contribution in [0, 0.1) is 13.8 Å². The molecule has 0 spiro atoms. The van der Waals surface area contributed by atoms with Gasteiger partial charge in [0.05, 0.1) is 28.8 Å². The van der Waals surface area contributed by atoms with Gasteiger partial charge in [-0.25, -0.2) is 15.0 Å². The predicted molar refractivity (Wildman–Crippen MR) is 97.2 cm³/mol. The number of hydrogen-bond donors (Lipinski definition) is 2. The summed E-state index contributed by atoms with van der Waals surface area (Å²) in [5.74, 6) is 0.304. The Bertz CT molecular complexity index is 974. The van der Waals surface area contributed by atoms with Gasteiger partial charge in [0.25, 0.3) is 11.6 Å². The highest BCUT2D eigenvalue weighted by molar-refractivity contribution is 6.06. The van der Waals surface area contributed by atoms with Crippen LogP contribution in [-0.2, 0) is 0 Å². The summed E-state index contributed by atoms with van der Waals surface area (Å²) in [5, 5.41) is 18.2. The maximum atomic E-state index is 13.1. The lowest BCUT2D eigenvalue weighted by Crippen LogP contribution is -2.51. The normalized spacial score (nSPS) is 20.0. The van der Waals surface area contributed by atoms with Crippen LogP contribution in [0.1, 0.15) is 28.2 Å². The van der Waals surface area contributed by atoms with E-state index in [1.165, 1.54) is 0 Å². The van der Waals surface area contributed by atoms with E-state index in [4.69, 9.17) is 4.52 Å². The molecule has 3 aromatic rings. The van der Waals surface area contributed by atoms with Gasteiger partial charge in [0, 0.05) is 31.2 Å². The zero-order valence-corrected chi connectivity index (χ0v) is 15.1. The zero-order valence-electron chi connectivity index (χ0n) is 15.1. The second-order valence-corrected chi connectivity index (χ2v) is 6.69. The first kappa shape index (κ1) is 17.3. The molecule has 4 heterocycles. The van der Waals surface area contributed by atoms with E-state index in [9.17, 15) is 9.90 Å². The van der Waals surface area contributed by atoms with Crippen LogP contribution in [0.4, 0.5) is 5.95 Å². The van der Waals surface area contributed by atoms with Crippen molar-refractivity contribution in [1.29, 1.82) is 0 Å². The lowest BCUT2D eigenvalue weighted by molar-refractivity contribution is 0.0426. The lowest BCUT2D eigenvalue weighted by Gasteiger charge is -2.36. The largest absolute Gasteiger partial charge is 0.389 e. The lowest BCUT2D eigenvalue weighted by atomic mass is 10.00. The van der Waals surface area contributed by atoms with Gasteiger partial charge in [0.2, 0.25) is 5.95 Å². The van der Waals surface area contributed by atoms with Gasteiger partial charge in [-0.05, 0) is 32.4 Å². The molecule has 0 aromatic carbocycles. The Kier molecular flexibility index (Phi) is 4.44. The molecule has 0 saturated carbocycles. The molecular weight excluding hydrogens is 348 g/mol. The molecule has 2 unspecified atom stereocenters. The third-order valence-corrected chi connectivity index (χ3v) is 4.72. The van der Waals surface area contributed by atoms with Crippen LogP contribution in [-0.4, -0.2) is 61.3 Å². The second-order valence-electron chi connectivity index (χ2n) is 6.69. The first-order chi connectivity index (χ1) is 13.0. The highest BCUT2D eigenvalue weighted by Crippen LogP contribution is 2.25. The Labute approximate surface area is 155 Å². The third kappa shape index (κ3) is 3.33. The molecule has 3 aromatic heterocycles. The van der Waals surface area contributed by atoms with Gasteiger partial charge in [0.1, 0.15) is 0 Å². The maximum absolute atomic E-state index is 13.1. The van der Waals surface area contributed by atoms with Crippen molar-refractivity contribution in [1.82, 2.24) is 25.0 Å². The molecule has 1 saturated heterocycles. The first-order valence-electron chi connectivity index (χ1n) is 8.77. The number of aliphatic hydroxyl groups excluding tert-OH is 1. The van der Waals surface area contributed by atoms with Crippen molar-refractivity contribution in [3.8, 4) is 0 Å². The number of anilines is 1. The van der Waals surface area contributed by atoms with E-state index in [-0.39, 0.29) is 18.5 Å². The van der Waals surface area contributed by atoms with Crippen molar-refractivity contribution in [3.05, 3.63) is 41.5 Å². The monoisotopic (exact) mass is 368 g/mol. The molecule has 1 fully saturated rings. The van der Waals surface area contributed by atoms with E-state index in [1.54, 1.807) is 43.3 Å². The minimum atomic E-state index is -0.728. The van der Waals surface area contributed by atoms with Gasteiger partial charge in [0.15, 0.2) is 0 Å². The smallest absolute Gasteiger partial charge is 0.258 e. The number of amides is 1. The van der Waals surface area contributed by atoms with E-state index in [2.05, 4.69) is 25.4 Å². The van der Waals surface area contributed by atoms with Gasteiger partial charge in [-0.3, -0.25) is 4.79 Å². The molecule has 0 bridgehead atoms. The number of aryl methyl sites for hydroxylation is 2. The van der Waals surface area contributed by atoms with Crippen LogP contribution in [0.15, 0.2) is 29.0 Å². The fraction of sp³-hybridized carbons (Fsp3) is 0.389. The van der Waals surface area contributed by atoms with Gasteiger partial charge in [-0.1, -0.05) is 5.16 Å². The summed E-state index contributed by atoms with van der Waals surface area (Å²) in [6.07, 6.45) is 3.13. The molecular formula is C18H20N6O3. The maximum Gasteiger partial charge on any atom is 0.258 e. The summed E-state index contributed by atoms with van der Waals surface area (Å²) in [5.41, 5.74) is 2.16. The standard InChI is InChI=1S/C18H20N6O3/c1-10-8-12(15-11(2)23-27-16(15)21-10)17(26)24-7-4-13(14(25)9-24)22-18-19-5-3-6-20-18/h3,5-6,8,13-14,25H,4,7,9H2,1-2H3,(H,19,20,22). The highest BCUT2D eigenvalue weighted by Gasteiger charge is 2.32. The number of pyridine rings is 1. The number of likely N-dealkylation sites (tertiary alicyclic amines) is 1. The number of piperidine rings is 1. The molecule has 1 amide bonds. The first-order valence-corrected chi connectivity index (χ1v) is 8.77. The fourth-order valence-electron chi connectivity index (χ4n) is 3.38. The number of aliphatic hydroxyl groups is 1. The average Bonchev–Trinajstić information content (AvgIpc) is 3.03. The van der Waals surface area contributed by atoms with Crippen molar-refractivity contribution in [3.63, 3.8) is 0 Å². The SMILES string of the molecule is Cc1cc(C(=O)N2CCC(Nc3ncccn3)C(O)C2)c2c(C)noc2n1. The topological polar surface area (TPSA) is 117 Å². The summed E-state index contributed by atoms with van der Waals surface area (Å²) in [6.45, 7) is 4.31. The number of nitrogens with one attached hydrogen (secondary N) is 1. The summed E-state index contributed by atoms with van der Waals surface area (Å²) in [6, 6.07) is 3.25. The Balaban J connectivity index is 1.52. The van der Waals surface area contributed by atoms with E-state index in [0.717, 1.165) is 0 Å². The summed E-state index contributed by atoms with van der Waals surface area (Å²) >= 11 is 0. The van der Waals surface area contributed by atoms with Crippen LogP contribution < -0.4 is 5.32 Å². The molecule has 1 aliphatic rings. The van der Waals surface area contributed by atoms with Crippen LogP contribution in [0.2, 0.25) is 0 Å². The van der Waals surface area contributed by atoms with E-state index < -0.39 is 6.10 Å². The van der Waals surface area contributed by atoms with Crippen LogP contribution in [0.3, 0.4) is 0 Å². The van der Waals surface area contributed by atoms with Crippen molar-refractivity contribution >= 4 is 23.0 Å². The third-order valence-electron chi connectivity index (χ3n) is 4.72. The minimum absolute atomic E-state index is 0.162. The van der Waals surface area contributed by atoms with Crippen LogP contribution in [0.25, 0.3) is 11.1 Å². The second kappa shape index (κ2) is 6.92. The number of nitrogens with zero attached hydrogens (tertiary/aromatic N) is 5. The van der Waals surface area contributed by atoms with E-state index >= 15 is 0 Å². The Morgan fingerprint density at radius 2 is 2.11 bits per heavy atom. The Hall–Kier alpha value is -3.07. The van der Waals surface area contributed by atoms with Crippen molar-refractivity contribution < 1.29 is 14.4 Å². The number of aromatic nitrogens is 4. The molecule has 0 aliphatic carbocycles. The predicted octanol–water partition coefficient (Wildman–Crippen LogP) is 1.32. The van der Waals surface area contributed by atoms with Crippen LogP contribution in [0.5, 0.6) is 0 Å². The summed E-state index contributed by atoms with van der Waals surface area (Å²) < 4.78 is 5.21. The molecule has 27 heavy (non-hydrogen) atoms. The van der Waals surface area contributed by atoms with Crippen molar-refractivity contribution in [2.75, 3.05) is 18.4 Å². The quantitative estimate of drug-likeness (QED) is 0.711. The summed E-state index contributed by atoms with van der Waals surface area (Å²) in [7, 11) is 0. The van der Waals surface area contributed by atoms with E-state index in [1.807, 2.05) is 0 Å². The fourth-order valence-corrected chi connectivity index (χ4v) is 3.38. The minimum Gasteiger partial charge on any atom is -0.389 e. The summed E-state index contributed by atoms with van der Waals surface area (Å²) in [4.78, 5) is 27.3. The zero-order chi connectivity index (χ0) is 19.0. The molecule has 9 heteroatoms. The number of fused-ring (bicyclic) bond motifs is 1.